The quantitative estimate of drug-likeness (QED) is 0.902. The van der Waals surface area contributed by atoms with Crippen molar-refractivity contribution in [2.24, 2.45) is 0 Å². The van der Waals surface area contributed by atoms with Crippen LogP contribution in [0, 0.1) is 0 Å². The Balaban J connectivity index is 2.06. The van der Waals surface area contributed by atoms with Crippen molar-refractivity contribution in [2.75, 3.05) is 18.4 Å². The second-order valence-corrected chi connectivity index (χ2v) is 5.90. The van der Waals surface area contributed by atoms with E-state index < -0.39 is 0 Å². The topological polar surface area (TPSA) is 58.6 Å². The normalized spacial score (nSPS) is 23.2. The first-order valence-electron chi connectivity index (χ1n) is 6.28. The molecule has 2 amide bonds. The van der Waals surface area contributed by atoms with Gasteiger partial charge >= 0.3 is 0 Å². The van der Waals surface area contributed by atoms with Crippen LogP contribution in [0.5, 0.6) is 0 Å². The van der Waals surface area contributed by atoms with Crippen molar-refractivity contribution in [3.63, 3.8) is 0 Å². The van der Waals surface area contributed by atoms with E-state index in [-0.39, 0.29) is 24.0 Å². The van der Waals surface area contributed by atoms with Crippen LogP contribution in [0.3, 0.4) is 0 Å². The molecule has 2 rings (SSSR count). The molecule has 6 heteroatoms. The first kappa shape index (κ1) is 14.0. The predicted octanol–water partition coefficient (Wildman–Crippen LogP) is 1.96. The third kappa shape index (κ3) is 3.54. The van der Waals surface area contributed by atoms with Crippen LogP contribution in [-0.4, -0.2) is 42.0 Å². The van der Waals surface area contributed by atoms with Crippen LogP contribution in [0.2, 0.25) is 0 Å². The van der Waals surface area contributed by atoms with E-state index in [9.17, 15) is 9.59 Å². The lowest BCUT2D eigenvalue weighted by atomic mass is 10.2. The van der Waals surface area contributed by atoms with E-state index >= 15 is 0 Å². The molecule has 0 bridgehead atoms. The van der Waals surface area contributed by atoms with Crippen LogP contribution in [-0.2, 0) is 9.53 Å². The standard InChI is InChI=1S/C13H18N2O3S/c1-8-6-15(7-9(2)18-8)13(17)11-4-5-12(19-11)14-10(3)16/h4-5,8-9H,6-7H2,1-3H3,(H,14,16)/t8-,9-/m1/s1. The van der Waals surface area contributed by atoms with Gasteiger partial charge in [0.05, 0.1) is 22.1 Å². The Hall–Kier alpha value is -1.40. The van der Waals surface area contributed by atoms with E-state index in [0.29, 0.717) is 23.0 Å². The van der Waals surface area contributed by atoms with Crippen LogP contribution in [0.4, 0.5) is 5.00 Å². The fraction of sp³-hybridized carbons (Fsp3) is 0.538. The van der Waals surface area contributed by atoms with Crippen LogP contribution in [0.15, 0.2) is 12.1 Å². The largest absolute Gasteiger partial charge is 0.372 e. The molecule has 0 aliphatic carbocycles. The number of hydrogen-bond acceptors (Lipinski definition) is 4. The van der Waals surface area contributed by atoms with Gasteiger partial charge < -0.3 is 15.0 Å². The Morgan fingerprint density at radius 2 is 1.95 bits per heavy atom. The van der Waals surface area contributed by atoms with Crippen molar-refractivity contribution in [1.82, 2.24) is 4.90 Å². The number of anilines is 1. The van der Waals surface area contributed by atoms with Gasteiger partial charge in [0.2, 0.25) is 5.91 Å². The molecule has 1 aliphatic rings. The van der Waals surface area contributed by atoms with Gasteiger partial charge in [0.25, 0.3) is 5.91 Å². The van der Waals surface area contributed by atoms with Crippen LogP contribution < -0.4 is 5.32 Å². The fourth-order valence-corrected chi connectivity index (χ4v) is 3.11. The second kappa shape index (κ2) is 5.71. The molecule has 1 aliphatic heterocycles. The molecule has 1 aromatic heterocycles. The molecule has 0 spiro atoms. The highest BCUT2D eigenvalue weighted by molar-refractivity contribution is 7.18. The summed E-state index contributed by atoms with van der Waals surface area (Å²) in [5.41, 5.74) is 0. The van der Waals surface area contributed by atoms with E-state index in [4.69, 9.17) is 4.74 Å². The molecule has 0 saturated carbocycles. The molecular formula is C13H18N2O3S. The number of rotatable bonds is 2. The van der Waals surface area contributed by atoms with E-state index in [1.54, 1.807) is 12.1 Å². The summed E-state index contributed by atoms with van der Waals surface area (Å²) in [4.78, 5) is 25.8. The summed E-state index contributed by atoms with van der Waals surface area (Å²) < 4.78 is 5.61. The zero-order valence-electron chi connectivity index (χ0n) is 11.3. The summed E-state index contributed by atoms with van der Waals surface area (Å²) in [7, 11) is 0. The summed E-state index contributed by atoms with van der Waals surface area (Å²) in [6.45, 7) is 6.60. The lowest BCUT2D eigenvalue weighted by molar-refractivity contribution is -0.114. The minimum Gasteiger partial charge on any atom is -0.372 e. The smallest absolute Gasteiger partial charge is 0.264 e. The SMILES string of the molecule is CC(=O)Nc1ccc(C(=O)N2C[C@@H](C)O[C@H](C)C2)s1. The van der Waals surface area contributed by atoms with Crippen molar-refractivity contribution in [3.05, 3.63) is 17.0 Å². The van der Waals surface area contributed by atoms with Gasteiger partial charge in [0, 0.05) is 20.0 Å². The highest BCUT2D eigenvalue weighted by atomic mass is 32.1. The summed E-state index contributed by atoms with van der Waals surface area (Å²) in [5.74, 6) is -0.127. The molecule has 19 heavy (non-hydrogen) atoms. The molecule has 2 atom stereocenters. The van der Waals surface area contributed by atoms with Crippen molar-refractivity contribution >= 4 is 28.2 Å². The van der Waals surface area contributed by atoms with Gasteiger partial charge in [0.15, 0.2) is 0 Å². The van der Waals surface area contributed by atoms with Gasteiger partial charge in [-0.25, -0.2) is 0 Å². The van der Waals surface area contributed by atoms with E-state index in [0.717, 1.165) is 0 Å². The number of nitrogens with one attached hydrogen (secondary N) is 1. The zero-order valence-corrected chi connectivity index (χ0v) is 12.1. The monoisotopic (exact) mass is 282 g/mol. The van der Waals surface area contributed by atoms with Crippen molar-refractivity contribution in [2.45, 2.75) is 33.0 Å². The van der Waals surface area contributed by atoms with Crippen molar-refractivity contribution < 1.29 is 14.3 Å². The van der Waals surface area contributed by atoms with Gasteiger partial charge in [-0.05, 0) is 26.0 Å². The Morgan fingerprint density at radius 3 is 2.53 bits per heavy atom. The fourth-order valence-electron chi connectivity index (χ4n) is 2.19. The van der Waals surface area contributed by atoms with Crippen LogP contribution in [0.1, 0.15) is 30.4 Å². The molecule has 1 N–H and O–H groups in total. The summed E-state index contributed by atoms with van der Waals surface area (Å²) in [6, 6.07) is 3.51. The maximum absolute atomic E-state index is 12.4. The third-order valence-corrected chi connectivity index (χ3v) is 3.81. The first-order valence-corrected chi connectivity index (χ1v) is 7.09. The highest BCUT2D eigenvalue weighted by Crippen LogP contribution is 2.24. The maximum atomic E-state index is 12.4. The predicted molar refractivity (Wildman–Crippen MR) is 74.5 cm³/mol. The number of thiophene rings is 1. The van der Waals surface area contributed by atoms with Gasteiger partial charge in [-0.1, -0.05) is 0 Å². The van der Waals surface area contributed by atoms with E-state index in [2.05, 4.69) is 5.32 Å². The molecule has 0 aromatic carbocycles. The number of ether oxygens (including phenoxy) is 1. The van der Waals surface area contributed by atoms with Gasteiger partial charge in [-0.3, -0.25) is 9.59 Å². The summed E-state index contributed by atoms with van der Waals surface area (Å²) in [6.07, 6.45) is 0.116. The van der Waals surface area contributed by atoms with Crippen molar-refractivity contribution in [3.8, 4) is 0 Å². The van der Waals surface area contributed by atoms with Gasteiger partial charge in [-0.15, -0.1) is 11.3 Å². The van der Waals surface area contributed by atoms with E-state index in [1.165, 1.54) is 18.3 Å². The average Bonchev–Trinajstić information content (AvgIpc) is 2.74. The molecule has 104 valence electrons. The Bertz CT molecular complexity index is 476. The summed E-state index contributed by atoms with van der Waals surface area (Å²) in [5, 5.41) is 3.38. The lowest BCUT2D eigenvalue weighted by Gasteiger charge is -2.35. The number of carbonyl (C=O) groups is 2. The first-order chi connectivity index (χ1) is 8.95. The Labute approximate surface area is 116 Å². The Morgan fingerprint density at radius 1 is 1.32 bits per heavy atom. The minimum absolute atomic E-state index is 0.00334. The summed E-state index contributed by atoms with van der Waals surface area (Å²) >= 11 is 1.30. The molecule has 1 saturated heterocycles. The van der Waals surface area contributed by atoms with Crippen LogP contribution >= 0.6 is 11.3 Å². The van der Waals surface area contributed by atoms with Crippen molar-refractivity contribution in [1.29, 1.82) is 0 Å². The number of carbonyl (C=O) groups excluding carboxylic acids is 2. The average molecular weight is 282 g/mol. The minimum atomic E-state index is -0.130. The number of morpholine rings is 1. The second-order valence-electron chi connectivity index (χ2n) is 4.81. The molecular weight excluding hydrogens is 264 g/mol. The molecule has 0 unspecified atom stereocenters. The maximum Gasteiger partial charge on any atom is 0.264 e. The number of amides is 2. The van der Waals surface area contributed by atoms with E-state index in [1.807, 2.05) is 18.7 Å². The molecule has 0 radical (unpaired) electrons. The van der Waals surface area contributed by atoms with Crippen LogP contribution in [0.25, 0.3) is 0 Å². The lowest BCUT2D eigenvalue weighted by Crippen LogP contribution is -2.48. The zero-order chi connectivity index (χ0) is 14.0. The van der Waals surface area contributed by atoms with Gasteiger partial charge in [-0.2, -0.15) is 0 Å². The molecule has 2 heterocycles. The molecule has 1 fully saturated rings. The van der Waals surface area contributed by atoms with Gasteiger partial charge in [0.1, 0.15) is 0 Å². The highest BCUT2D eigenvalue weighted by Gasteiger charge is 2.27. The number of nitrogens with zero attached hydrogens (tertiary/aromatic N) is 1. The Kier molecular flexibility index (Phi) is 4.21. The molecule has 5 nitrogen and oxygen atoms in total. The molecule has 1 aromatic rings. The number of hydrogen-bond donors (Lipinski definition) is 1. The third-order valence-electron chi connectivity index (χ3n) is 2.82.